The van der Waals surface area contributed by atoms with Gasteiger partial charge in [0.15, 0.2) is 0 Å². The first-order valence-electron chi connectivity index (χ1n) is 8.95. The molecule has 0 radical (unpaired) electrons. The predicted octanol–water partition coefficient (Wildman–Crippen LogP) is 2.29. The number of benzene rings is 2. The number of carbonyl (C=O) groups excluding carboxylic acids is 2. The van der Waals surface area contributed by atoms with Gasteiger partial charge in [-0.3, -0.25) is 4.79 Å². The molecule has 0 aliphatic heterocycles. The third-order valence-corrected chi connectivity index (χ3v) is 3.97. The van der Waals surface area contributed by atoms with Gasteiger partial charge in [-0.2, -0.15) is 0 Å². The molecule has 28 heavy (non-hydrogen) atoms. The fourth-order valence-corrected chi connectivity index (χ4v) is 2.40. The summed E-state index contributed by atoms with van der Waals surface area (Å²) in [7, 11) is 5.05. The summed E-state index contributed by atoms with van der Waals surface area (Å²) in [5, 5.41) is 5.50. The number of hydrogen-bond donors (Lipinski definition) is 2. The van der Waals surface area contributed by atoms with Gasteiger partial charge in [-0.25, -0.2) is 4.79 Å². The number of nitrogens with zero attached hydrogens (tertiary/aromatic N) is 1. The highest BCUT2D eigenvalue weighted by atomic mass is 16.5. The van der Waals surface area contributed by atoms with Gasteiger partial charge in [0.1, 0.15) is 5.75 Å². The third kappa shape index (κ3) is 6.69. The Hall–Kier alpha value is -3.46. The quantitative estimate of drug-likeness (QED) is 0.757. The van der Waals surface area contributed by atoms with Crippen LogP contribution in [-0.2, 0) is 6.42 Å². The Morgan fingerprint density at radius 1 is 1.00 bits per heavy atom. The van der Waals surface area contributed by atoms with Crippen LogP contribution in [0.25, 0.3) is 0 Å². The maximum Gasteiger partial charge on any atom is 0.315 e. The first kappa shape index (κ1) is 20.8. The van der Waals surface area contributed by atoms with E-state index in [0.29, 0.717) is 12.1 Å². The molecule has 0 saturated carbocycles. The SMILES string of the molecule is COc1ccc(CCNC(=O)NCC#Cc2ccc(C(=O)N(C)C)cc2)cc1. The summed E-state index contributed by atoms with van der Waals surface area (Å²) in [6, 6.07) is 14.5. The molecule has 3 amide bonds. The van der Waals surface area contributed by atoms with Gasteiger partial charge in [-0.05, 0) is 48.4 Å². The normalized spacial score (nSPS) is 9.68. The van der Waals surface area contributed by atoms with Crippen molar-refractivity contribution in [1.82, 2.24) is 15.5 Å². The highest BCUT2D eigenvalue weighted by molar-refractivity contribution is 5.93. The summed E-state index contributed by atoms with van der Waals surface area (Å²) in [5.74, 6) is 6.62. The van der Waals surface area contributed by atoms with Crippen molar-refractivity contribution in [1.29, 1.82) is 0 Å². The molecule has 0 saturated heterocycles. The number of urea groups is 1. The van der Waals surface area contributed by atoms with Gasteiger partial charge >= 0.3 is 6.03 Å². The Morgan fingerprint density at radius 3 is 2.29 bits per heavy atom. The fourth-order valence-electron chi connectivity index (χ4n) is 2.40. The van der Waals surface area contributed by atoms with Crippen LogP contribution in [-0.4, -0.2) is 51.1 Å². The number of rotatable bonds is 6. The van der Waals surface area contributed by atoms with Crippen LogP contribution in [0.3, 0.4) is 0 Å². The van der Waals surface area contributed by atoms with E-state index >= 15 is 0 Å². The van der Waals surface area contributed by atoms with Crippen LogP contribution in [0.4, 0.5) is 4.79 Å². The van der Waals surface area contributed by atoms with Crippen LogP contribution in [0.1, 0.15) is 21.5 Å². The number of carbonyl (C=O) groups is 2. The molecule has 2 rings (SSSR count). The zero-order valence-electron chi connectivity index (χ0n) is 16.4. The van der Waals surface area contributed by atoms with Crippen molar-refractivity contribution in [3.05, 3.63) is 65.2 Å². The maximum atomic E-state index is 11.8. The summed E-state index contributed by atoms with van der Waals surface area (Å²) in [6.07, 6.45) is 0.737. The van der Waals surface area contributed by atoms with E-state index in [1.807, 2.05) is 24.3 Å². The summed E-state index contributed by atoms with van der Waals surface area (Å²) in [6.45, 7) is 0.777. The van der Waals surface area contributed by atoms with E-state index in [1.54, 1.807) is 45.5 Å². The number of amides is 3. The average Bonchev–Trinajstić information content (AvgIpc) is 2.71. The molecular weight excluding hydrogens is 354 g/mol. The molecule has 0 fully saturated rings. The number of methoxy groups -OCH3 is 1. The van der Waals surface area contributed by atoms with Gasteiger partial charge in [0, 0.05) is 31.8 Å². The van der Waals surface area contributed by atoms with E-state index in [4.69, 9.17) is 4.74 Å². The van der Waals surface area contributed by atoms with Crippen molar-refractivity contribution in [2.24, 2.45) is 0 Å². The van der Waals surface area contributed by atoms with Crippen LogP contribution in [0.15, 0.2) is 48.5 Å². The van der Waals surface area contributed by atoms with Gasteiger partial charge in [-0.15, -0.1) is 0 Å². The van der Waals surface area contributed by atoms with Crippen LogP contribution in [0.5, 0.6) is 5.75 Å². The summed E-state index contributed by atoms with van der Waals surface area (Å²) < 4.78 is 5.11. The topological polar surface area (TPSA) is 70.7 Å². The lowest BCUT2D eigenvalue weighted by Crippen LogP contribution is -2.36. The van der Waals surface area contributed by atoms with E-state index in [9.17, 15) is 9.59 Å². The van der Waals surface area contributed by atoms with Crippen molar-refractivity contribution >= 4 is 11.9 Å². The van der Waals surface area contributed by atoms with Gasteiger partial charge in [-0.1, -0.05) is 24.0 Å². The van der Waals surface area contributed by atoms with Gasteiger partial charge in [0.25, 0.3) is 5.91 Å². The van der Waals surface area contributed by atoms with E-state index in [1.165, 1.54) is 4.90 Å². The standard InChI is InChI=1S/C22H25N3O3/c1-25(2)21(26)19-10-6-17(7-11-19)5-4-15-23-22(27)24-16-14-18-8-12-20(28-3)13-9-18/h6-13H,14-16H2,1-3H3,(H2,23,24,27). The lowest BCUT2D eigenvalue weighted by atomic mass is 10.1. The van der Waals surface area contributed by atoms with Gasteiger partial charge < -0.3 is 20.3 Å². The molecule has 2 aromatic rings. The summed E-state index contributed by atoms with van der Waals surface area (Å²) in [4.78, 5) is 25.1. The van der Waals surface area contributed by atoms with E-state index in [0.717, 1.165) is 23.3 Å². The molecule has 146 valence electrons. The van der Waals surface area contributed by atoms with Crippen molar-refractivity contribution in [2.45, 2.75) is 6.42 Å². The highest BCUT2D eigenvalue weighted by Gasteiger charge is 2.06. The minimum Gasteiger partial charge on any atom is -0.497 e. The molecular formula is C22H25N3O3. The Bertz CT molecular complexity index is 847. The molecule has 2 aromatic carbocycles. The zero-order valence-corrected chi connectivity index (χ0v) is 16.4. The maximum absolute atomic E-state index is 11.8. The summed E-state index contributed by atoms with van der Waals surface area (Å²) >= 11 is 0. The Morgan fingerprint density at radius 2 is 1.68 bits per heavy atom. The zero-order chi connectivity index (χ0) is 20.4. The highest BCUT2D eigenvalue weighted by Crippen LogP contribution is 2.11. The van der Waals surface area contributed by atoms with E-state index < -0.39 is 0 Å². The molecule has 6 heteroatoms. The van der Waals surface area contributed by atoms with Crippen molar-refractivity contribution < 1.29 is 14.3 Å². The van der Waals surface area contributed by atoms with Crippen LogP contribution in [0, 0.1) is 11.8 Å². The van der Waals surface area contributed by atoms with Gasteiger partial charge in [0.2, 0.25) is 0 Å². The Balaban J connectivity index is 1.70. The second-order valence-corrected chi connectivity index (χ2v) is 6.29. The minimum atomic E-state index is -0.255. The number of hydrogen-bond acceptors (Lipinski definition) is 3. The third-order valence-electron chi connectivity index (χ3n) is 3.97. The van der Waals surface area contributed by atoms with Crippen LogP contribution in [0.2, 0.25) is 0 Å². The van der Waals surface area contributed by atoms with E-state index in [-0.39, 0.29) is 18.5 Å². The molecule has 2 N–H and O–H groups in total. The van der Waals surface area contributed by atoms with E-state index in [2.05, 4.69) is 22.5 Å². The number of nitrogens with one attached hydrogen (secondary N) is 2. The fraction of sp³-hybridized carbons (Fsp3) is 0.273. The summed E-state index contributed by atoms with van der Waals surface area (Å²) in [5.41, 5.74) is 2.53. The number of ether oxygens (including phenoxy) is 1. The van der Waals surface area contributed by atoms with Crippen molar-refractivity contribution in [2.75, 3.05) is 34.3 Å². The molecule has 0 atom stereocenters. The lowest BCUT2D eigenvalue weighted by molar-refractivity contribution is 0.0827. The minimum absolute atomic E-state index is 0.0486. The molecule has 0 aliphatic rings. The monoisotopic (exact) mass is 379 g/mol. The first-order chi connectivity index (χ1) is 13.5. The van der Waals surface area contributed by atoms with Crippen LogP contribution >= 0.6 is 0 Å². The Kier molecular flexibility index (Phi) is 7.92. The van der Waals surface area contributed by atoms with Crippen molar-refractivity contribution in [3.8, 4) is 17.6 Å². The average molecular weight is 379 g/mol. The lowest BCUT2D eigenvalue weighted by Gasteiger charge is -2.09. The molecule has 0 heterocycles. The molecule has 6 nitrogen and oxygen atoms in total. The van der Waals surface area contributed by atoms with Gasteiger partial charge in [0.05, 0.1) is 13.7 Å². The second-order valence-electron chi connectivity index (χ2n) is 6.29. The molecule has 0 unspecified atom stereocenters. The molecule has 0 bridgehead atoms. The molecule has 0 aliphatic carbocycles. The smallest absolute Gasteiger partial charge is 0.315 e. The predicted molar refractivity (Wildman–Crippen MR) is 109 cm³/mol. The Labute approximate surface area is 165 Å². The van der Waals surface area contributed by atoms with Crippen LogP contribution < -0.4 is 15.4 Å². The largest absolute Gasteiger partial charge is 0.497 e. The first-order valence-corrected chi connectivity index (χ1v) is 8.95. The second kappa shape index (κ2) is 10.6. The van der Waals surface area contributed by atoms with Crippen molar-refractivity contribution in [3.63, 3.8) is 0 Å². The molecule has 0 aromatic heterocycles. The molecule has 0 spiro atoms.